The number of benzene rings is 2. The number of hydrogen-bond donors (Lipinski definition) is 0. The molecule has 2 heterocycles. The number of likely N-dealkylation sites (tertiary alicyclic amines) is 1. The van der Waals surface area contributed by atoms with Gasteiger partial charge in [0.25, 0.3) is 5.91 Å². The summed E-state index contributed by atoms with van der Waals surface area (Å²) in [6.07, 6.45) is 3.79. The van der Waals surface area contributed by atoms with Crippen LogP contribution in [-0.4, -0.2) is 44.1 Å². The Bertz CT molecular complexity index is 934. The first kappa shape index (κ1) is 17.4. The third kappa shape index (κ3) is 3.74. The molecule has 1 amide bonds. The first-order valence-electron chi connectivity index (χ1n) is 9.35. The Morgan fingerprint density at radius 1 is 1.11 bits per heavy atom. The second-order valence-electron chi connectivity index (χ2n) is 7.39. The fourth-order valence-corrected chi connectivity index (χ4v) is 3.62. The molecule has 27 heavy (non-hydrogen) atoms. The van der Waals surface area contributed by atoms with Crippen molar-refractivity contribution in [2.75, 3.05) is 13.1 Å². The highest BCUT2D eigenvalue weighted by Crippen LogP contribution is 2.26. The molecule has 4 rings (SSSR count). The Morgan fingerprint density at radius 3 is 2.63 bits per heavy atom. The Balaban J connectivity index is 1.76. The molecule has 1 fully saturated rings. The van der Waals surface area contributed by atoms with E-state index in [9.17, 15) is 4.79 Å². The van der Waals surface area contributed by atoms with Crippen molar-refractivity contribution in [3.05, 3.63) is 59.9 Å². The number of amides is 1. The van der Waals surface area contributed by atoms with Gasteiger partial charge < -0.3 is 4.90 Å². The van der Waals surface area contributed by atoms with E-state index in [-0.39, 0.29) is 5.91 Å². The number of rotatable bonds is 3. The first-order chi connectivity index (χ1) is 13.1. The van der Waals surface area contributed by atoms with Gasteiger partial charge in [0.05, 0.1) is 5.69 Å². The van der Waals surface area contributed by atoms with Crippen LogP contribution in [0.2, 0.25) is 0 Å². The van der Waals surface area contributed by atoms with Crippen LogP contribution in [0.15, 0.2) is 48.8 Å². The molecule has 1 unspecified atom stereocenters. The Kier molecular flexibility index (Phi) is 4.71. The number of aromatic nitrogens is 4. The molecular formula is C21H23N5O. The van der Waals surface area contributed by atoms with Gasteiger partial charge >= 0.3 is 0 Å². The summed E-state index contributed by atoms with van der Waals surface area (Å²) in [5.41, 5.74) is 4.71. The molecule has 3 aromatic rings. The van der Waals surface area contributed by atoms with Crippen molar-refractivity contribution < 1.29 is 4.79 Å². The highest BCUT2D eigenvalue weighted by molar-refractivity contribution is 5.96. The molecule has 1 saturated heterocycles. The van der Waals surface area contributed by atoms with E-state index in [1.54, 1.807) is 11.0 Å². The number of carbonyl (C=O) groups is 1. The van der Waals surface area contributed by atoms with Gasteiger partial charge in [-0.25, -0.2) is 4.68 Å². The third-order valence-corrected chi connectivity index (χ3v) is 5.11. The van der Waals surface area contributed by atoms with Crippen LogP contribution in [-0.2, 0) is 0 Å². The molecule has 0 radical (unpaired) electrons. The maximum absolute atomic E-state index is 13.2. The van der Waals surface area contributed by atoms with E-state index >= 15 is 0 Å². The van der Waals surface area contributed by atoms with E-state index in [1.807, 2.05) is 23.1 Å². The van der Waals surface area contributed by atoms with Crippen molar-refractivity contribution in [3.63, 3.8) is 0 Å². The van der Waals surface area contributed by atoms with Crippen molar-refractivity contribution >= 4 is 5.91 Å². The second kappa shape index (κ2) is 7.31. The largest absolute Gasteiger partial charge is 0.338 e. The third-order valence-electron chi connectivity index (χ3n) is 5.11. The lowest BCUT2D eigenvalue weighted by molar-refractivity contribution is 0.0683. The second-order valence-corrected chi connectivity index (χ2v) is 7.39. The quantitative estimate of drug-likeness (QED) is 0.716. The predicted molar refractivity (Wildman–Crippen MR) is 104 cm³/mol. The molecule has 6 nitrogen and oxygen atoms in total. The van der Waals surface area contributed by atoms with Crippen molar-refractivity contribution in [2.45, 2.75) is 26.7 Å². The number of piperidine rings is 1. The van der Waals surface area contributed by atoms with E-state index < -0.39 is 0 Å². The smallest absolute Gasteiger partial charge is 0.253 e. The van der Waals surface area contributed by atoms with Gasteiger partial charge in [-0.2, -0.15) is 0 Å². The number of tetrazole rings is 1. The van der Waals surface area contributed by atoms with Gasteiger partial charge in [-0.15, -0.1) is 5.10 Å². The zero-order chi connectivity index (χ0) is 18.8. The molecule has 0 aliphatic carbocycles. The van der Waals surface area contributed by atoms with E-state index in [4.69, 9.17) is 0 Å². The van der Waals surface area contributed by atoms with Crippen LogP contribution < -0.4 is 0 Å². The molecular weight excluding hydrogens is 338 g/mol. The van der Waals surface area contributed by atoms with Gasteiger partial charge in [0.1, 0.15) is 6.33 Å². The molecule has 0 spiro atoms. The number of aryl methyl sites for hydroxylation is 1. The van der Waals surface area contributed by atoms with Crippen LogP contribution >= 0.6 is 0 Å². The lowest BCUT2D eigenvalue weighted by Gasteiger charge is -2.31. The maximum atomic E-state index is 13.2. The van der Waals surface area contributed by atoms with Crippen LogP contribution in [0.25, 0.3) is 16.8 Å². The molecule has 1 atom stereocenters. The lowest BCUT2D eigenvalue weighted by atomic mass is 9.97. The molecule has 1 aromatic heterocycles. The Morgan fingerprint density at radius 2 is 1.93 bits per heavy atom. The average molecular weight is 361 g/mol. The van der Waals surface area contributed by atoms with E-state index in [1.165, 1.54) is 12.0 Å². The van der Waals surface area contributed by atoms with Crippen molar-refractivity contribution in [2.24, 2.45) is 5.92 Å². The minimum absolute atomic E-state index is 0.0739. The summed E-state index contributed by atoms with van der Waals surface area (Å²) in [5.74, 6) is 0.617. The summed E-state index contributed by atoms with van der Waals surface area (Å²) in [6, 6.07) is 14.2. The normalized spacial score (nSPS) is 17.1. The average Bonchev–Trinajstić information content (AvgIpc) is 3.22. The Hall–Kier alpha value is -3.02. The van der Waals surface area contributed by atoms with Crippen molar-refractivity contribution in [1.29, 1.82) is 0 Å². The van der Waals surface area contributed by atoms with Gasteiger partial charge in [-0.1, -0.05) is 36.8 Å². The van der Waals surface area contributed by atoms with Crippen LogP contribution in [0.3, 0.4) is 0 Å². The summed E-state index contributed by atoms with van der Waals surface area (Å²) < 4.78 is 1.59. The minimum Gasteiger partial charge on any atom is -0.338 e. The van der Waals surface area contributed by atoms with Gasteiger partial charge in [0.15, 0.2) is 0 Å². The zero-order valence-corrected chi connectivity index (χ0v) is 15.7. The van der Waals surface area contributed by atoms with Gasteiger partial charge in [0, 0.05) is 18.7 Å². The fourth-order valence-electron chi connectivity index (χ4n) is 3.62. The summed E-state index contributed by atoms with van der Waals surface area (Å²) in [7, 11) is 0. The summed E-state index contributed by atoms with van der Waals surface area (Å²) >= 11 is 0. The number of hydrogen-bond acceptors (Lipinski definition) is 4. The van der Waals surface area contributed by atoms with Crippen molar-refractivity contribution in [3.8, 4) is 16.8 Å². The van der Waals surface area contributed by atoms with E-state index in [0.717, 1.165) is 36.3 Å². The van der Waals surface area contributed by atoms with Crippen LogP contribution in [0.1, 0.15) is 35.7 Å². The van der Waals surface area contributed by atoms with Gasteiger partial charge in [-0.05, 0) is 65.4 Å². The minimum atomic E-state index is 0.0739. The number of nitrogens with zero attached hydrogens (tertiary/aromatic N) is 5. The van der Waals surface area contributed by atoms with Gasteiger partial charge in [-0.3, -0.25) is 4.79 Å². The van der Waals surface area contributed by atoms with E-state index in [0.29, 0.717) is 11.5 Å². The summed E-state index contributed by atoms with van der Waals surface area (Å²) in [5, 5.41) is 11.4. The topological polar surface area (TPSA) is 63.9 Å². The molecule has 1 aliphatic rings. The maximum Gasteiger partial charge on any atom is 0.253 e. The highest BCUT2D eigenvalue weighted by atomic mass is 16.2. The molecule has 2 aromatic carbocycles. The standard InChI is InChI=1S/C21H23N5O/c1-15-5-7-17(8-6-15)18-10-19(12-20(11-18)26-14-22-23-24-26)21(27)25-9-3-4-16(2)13-25/h5-8,10-12,14,16H,3-4,9,13H2,1-2H3. The molecule has 6 heteroatoms. The van der Waals surface area contributed by atoms with Gasteiger partial charge in [0.2, 0.25) is 0 Å². The summed E-state index contributed by atoms with van der Waals surface area (Å²) in [6.45, 7) is 5.90. The SMILES string of the molecule is Cc1ccc(-c2cc(C(=O)N3CCCC(C)C3)cc(-n3cnnn3)c2)cc1. The molecule has 0 bridgehead atoms. The first-order valence-corrected chi connectivity index (χ1v) is 9.35. The van der Waals surface area contributed by atoms with Crippen molar-refractivity contribution in [1.82, 2.24) is 25.1 Å². The van der Waals surface area contributed by atoms with Crippen LogP contribution in [0.5, 0.6) is 0 Å². The molecule has 0 saturated carbocycles. The number of carbonyl (C=O) groups excluding carboxylic acids is 1. The van der Waals surface area contributed by atoms with Crippen LogP contribution in [0.4, 0.5) is 0 Å². The zero-order valence-electron chi connectivity index (χ0n) is 15.7. The summed E-state index contributed by atoms with van der Waals surface area (Å²) in [4.78, 5) is 15.1. The molecule has 1 aliphatic heterocycles. The lowest BCUT2D eigenvalue weighted by Crippen LogP contribution is -2.39. The Labute approximate surface area is 158 Å². The monoisotopic (exact) mass is 361 g/mol. The van der Waals surface area contributed by atoms with E-state index in [2.05, 4.69) is 53.6 Å². The highest BCUT2D eigenvalue weighted by Gasteiger charge is 2.23. The predicted octanol–water partition coefficient (Wildman–Crippen LogP) is 3.51. The molecule has 0 N–H and O–H groups in total. The fraction of sp³-hybridized carbons (Fsp3) is 0.333. The molecule has 138 valence electrons. The van der Waals surface area contributed by atoms with Crippen LogP contribution in [0, 0.1) is 12.8 Å².